The van der Waals surface area contributed by atoms with Gasteiger partial charge in [0.25, 0.3) is 0 Å². The van der Waals surface area contributed by atoms with Gasteiger partial charge in [-0.3, -0.25) is 0 Å². The number of aromatic carboxylic acids is 1. The highest BCUT2D eigenvalue weighted by atomic mass is 19.1. The zero-order chi connectivity index (χ0) is 16.7. The van der Waals surface area contributed by atoms with Gasteiger partial charge in [0.2, 0.25) is 5.95 Å². The summed E-state index contributed by atoms with van der Waals surface area (Å²) in [6, 6.07) is 5.00. The summed E-state index contributed by atoms with van der Waals surface area (Å²) < 4.78 is 16.4. The predicted octanol–water partition coefficient (Wildman–Crippen LogP) is 2.69. The molecule has 7 heteroatoms. The maximum absolute atomic E-state index is 14.9. The number of nitrogen functional groups attached to an aromatic ring is 1. The number of pyridine rings is 1. The molecule has 0 fully saturated rings. The smallest absolute Gasteiger partial charge is 0.338 e. The third-order valence-corrected chi connectivity index (χ3v) is 3.78. The van der Waals surface area contributed by atoms with E-state index in [2.05, 4.69) is 10.1 Å². The first-order chi connectivity index (χ1) is 10.9. The Labute approximate surface area is 131 Å². The summed E-state index contributed by atoms with van der Waals surface area (Å²) in [4.78, 5) is 15.5. The number of nitrogens with zero attached hydrogens (tertiary/aromatic N) is 3. The fraction of sp³-hybridized carbons (Fsp3) is 0.188. The molecule has 0 atom stereocenters. The Hall–Kier alpha value is -2.96. The van der Waals surface area contributed by atoms with E-state index in [4.69, 9.17) is 5.73 Å². The summed E-state index contributed by atoms with van der Waals surface area (Å²) >= 11 is 0. The number of benzene rings is 1. The highest BCUT2D eigenvalue weighted by molar-refractivity contribution is 5.92. The van der Waals surface area contributed by atoms with E-state index in [1.807, 2.05) is 0 Å². The molecule has 0 spiro atoms. The summed E-state index contributed by atoms with van der Waals surface area (Å²) in [6.45, 7) is 3.55. The molecule has 0 aliphatic rings. The van der Waals surface area contributed by atoms with Crippen molar-refractivity contribution in [1.29, 1.82) is 0 Å². The van der Waals surface area contributed by atoms with Crippen molar-refractivity contribution < 1.29 is 14.3 Å². The zero-order valence-electron chi connectivity index (χ0n) is 12.7. The van der Waals surface area contributed by atoms with Crippen molar-refractivity contribution in [2.75, 3.05) is 5.73 Å². The summed E-state index contributed by atoms with van der Waals surface area (Å²) in [5.41, 5.74) is 7.66. The van der Waals surface area contributed by atoms with Gasteiger partial charge in [0.1, 0.15) is 5.82 Å². The van der Waals surface area contributed by atoms with Crippen LogP contribution in [0, 0.1) is 12.7 Å². The van der Waals surface area contributed by atoms with E-state index in [1.165, 1.54) is 4.52 Å². The van der Waals surface area contributed by atoms with Crippen molar-refractivity contribution in [3.63, 3.8) is 0 Å². The first kappa shape index (κ1) is 15.0. The van der Waals surface area contributed by atoms with Crippen molar-refractivity contribution >= 4 is 17.6 Å². The van der Waals surface area contributed by atoms with Crippen LogP contribution in [-0.4, -0.2) is 25.7 Å². The molecule has 2 heterocycles. The average Bonchev–Trinajstić information content (AvgIpc) is 2.85. The summed E-state index contributed by atoms with van der Waals surface area (Å²) in [6.07, 6.45) is 2.06. The van der Waals surface area contributed by atoms with Gasteiger partial charge in [-0.05, 0) is 42.2 Å². The minimum Gasteiger partial charge on any atom is -0.478 e. The van der Waals surface area contributed by atoms with E-state index >= 15 is 0 Å². The molecule has 1 aromatic carbocycles. The lowest BCUT2D eigenvalue weighted by Gasteiger charge is -2.14. The maximum atomic E-state index is 14.9. The number of carbonyl (C=O) groups is 1. The molecule has 0 bridgehead atoms. The number of rotatable bonds is 3. The Balaban J connectivity index is 2.28. The van der Waals surface area contributed by atoms with E-state index in [-0.39, 0.29) is 17.1 Å². The molecule has 0 unspecified atom stereocenters. The Morgan fingerprint density at radius 1 is 1.43 bits per heavy atom. The molecule has 0 aliphatic carbocycles. The normalized spacial score (nSPS) is 11.1. The van der Waals surface area contributed by atoms with Crippen LogP contribution in [0.3, 0.4) is 0 Å². The topological polar surface area (TPSA) is 93.5 Å². The van der Waals surface area contributed by atoms with Gasteiger partial charge in [0, 0.05) is 11.8 Å². The number of carboxylic acid groups (broad SMARTS) is 1. The number of anilines is 1. The number of aromatic nitrogens is 3. The van der Waals surface area contributed by atoms with Crippen LogP contribution in [0.25, 0.3) is 16.8 Å². The zero-order valence-corrected chi connectivity index (χ0v) is 12.7. The van der Waals surface area contributed by atoms with Gasteiger partial charge in [-0.15, -0.1) is 5.10 Å². The number of aryl methyl sites for hydroxylation is 2. The largest absolute Gasteiger partial charge is 0.478 e. The molecule has 0 saturated heterocycles. The van der Waals surface area contributed by atoms with E-state index in [0.717, 1.165) is 0 Å². The molecule has 0 amide bonds. The summed E-state index contributed by atoms with van der Waals surface area (Å²) in [5.74, 6) is -1.88. The molecule has 3 N–H and O–H groups in total. The van der Waals surface area contributed by atoms with E-state index in [0.29, 0.717) is 28.8 Å². The quantitative estimate of drug-likeness (QED) is 0.775. The minimum atomic E-state index is -1.27. The minimum absolute atomic E-state index is 0.117. The van der Waals surface area contributed by atoms with Crippen LogP contribution in [0.1, 0.15) is 28.4 Å². The van der Waals surface area contributed by atoms with Crippen molar-refractivity contribution in [2.24, 2.45) is 0 Å². The Morgan fingerprint density at radius 2 is 2.17 bits per heavy atom. The predicted molar refractivity (Wildman–Crippen MR) is 83.9 cm³/mol. The SMILES string of the molecule is CCc1cc(C)c(-c2ccn3nc(N)nc3c2)c(F)c1C(=O)O. The number of carboxylic acids is 1. The van der Waals surface area contributed by atoms with Crippen molar-refractivity contribution in [1.82, 2.24) is 14.6 Å². The standard InChI is InChI=1S/C16H15FN4O2/c1-3-9-6-8(2)12(14(17)13(9)15(22)23)10-4-5-21-11(7-10)19-16(18)20-21/h4-7H,3H2,1-2H3,(H2,18,20)(H,22,23). The third kappa shape index (κ3) is 2.40. The molecule has 0 saturated carbocycles. The average molecular weight is 314 g/mol. The van der Waals surface area contributed by atoms with Crippen molar-refractivity contribution in [3.05, 3.63) is 46.9 Å². The molecule has 3 aromatic rings. The molecule has 23 heavy (non-hydrogen) atoms. The number of fused-ring (bicyclic) bond motifs is 1. The van der Waals surface area contributed by atoms with Crippen LogP contribution < -0.4 is 5.73 Å². The Bertz CT molecular complexity index is 933. The van der Waals surface area contributed by atoms with Gasteiger partial charge < -0.3 is 10.8 Å². The van der Waals surface area contributed by atoms with Gasteiger partial charge >= 0.3 is 5.97 Å². The molecule has 0 aliphatic heterocycles. The second-order valence-electron chi connectivity index (χ2n) is 5.26. The monoisotopic (exact) mass is 314 g/mol. The van der Waals surface area contributed by atoms with Gasteiger partial charge in [-0.2, -0.15) is 4.98 Å². The van der Waals surface area contributed by atoms with E-state index < -0.39 is 11.8 Å². The van der Waals surface area contributed by atoms with Gasteiger partial charge in [-0.25, -0.2) is 13.7 Å². The number of hydrogen-bond acceptors (Lipinski definition) is 4. The van der Waals surface area contributed by atoms with Crippen LogP contribution in [0.15, 0.2) is 24.4 Å². The highest BCUT2D eigenvalue weighted by Crippen LogP contribution is 2.31. The van der Waals surface area contributed by atoms with Crippen molar-refractivity contribution in [2.45, 2.75) is 20.3 Å². The van der Waals surface area contributed by atoms with Gasteiger partial charge in [0.15, 0.2) is 5.65 Å². The number of nitrogens with two attached hydrogens (primary N) is 1. The summed E-state index contributed by atoms with van der Waals surface area (Å²) in [5, 5.41) is 13.3. The van der Waals surface area contributed by atoms with Crippen LogP contribution >= 0.6 is 0 Å². The van der Waals surface area contributed by atoms with E-state index in [1.54, 1.807) is 38.2 Å². The lowest BCUT2D eigenvalue weighted by molar-refractivity contribution is 0.0691. The van der Waals surface area contributed by atoms with Crippen LogP contribution in [0.4, 0.5) is 10.3 Å². The molecule has 0 radical (unpaired) electrons. The maximum Gasteiger partial charge on any atom is 0.338 e. The van der Waals surface area contributed by atoms with Crippen molar-refractivity contribution in [3.8, 4) is 11.1 Å². The van der Waals surface area contributed by atoms with Crippen LogP contribution in [0.5, 0.6) is 0 Å². The molecular weight excluding hydrogens is 299 g/mol. The molecule has 118 valence electrons. The van der Waals surface area contributed by atoms with E-state index in [9.17, 15) is 14.3 Å². The van der Waals surface area contributed by atoms with Crippen LogP contribution in [0.2, 0.25) is 0 Å². The Kier molecular flexibility index (Phi) is 3.48. The highest BCUT2D eigenvalue weighted by Gasteiger charge is 2.22. The molecule has 2 aromatic heterocycles. The second kappa shape index (κ2) is 5.35. The Morgan fingerprint density at radius 3 is 2.83 bits per heavy atom. The first-order valence-electron chi connectivity index (χ1n) is 7.10. The van der Waals surface area contributed by atoms with Gasteiger partial charge in [0.05, 0.1) is 5.56 Å². The second-order valence-corrected chi connectivity index (χ2v) is 5.26. The lowest BCUT2D eigenvalue weighted by atomic mass is 9.93. The summed E-state index contributed by atoms with van der Waals surface area (Å²) in [7, 11) is 0. The lowest BCUT2D eigenvalue weighted by Crippen LogP contribution is -2.08. The third-order valence-electron chi connectivity index (χ3n) is 3.78. The fourth-order valence-corrected chi connectivity index (χ4v) is 2.76. The first-order valence-corrected chi connectivity index (χ1v) is 7.10. The number of hydrogen-bond donors (Lipinski definition) is 2. The fourth-order valence-electron chi connectivity index (χ4n) is 2.76. The molecule has 6 nitrogen and oxygen atoms in total. The molecule has 3 rings (SSSR count). The van der Waals surface area contributed by atoms with Gasteiger partial charge in [-0.1, -0.05) is 13.0 Å². The number of halogens is 1. The molecular formula is C16H15FN4O2. The van der Waals surface area contributed by atoms with Crippen LogP contribution in [-0.2, 0) is 6.42 Å².